The molecule has 2 aromatic heterocycles. The summed E-state index contributed by atoms with van der Waals surface area (Å²) < 4.78 is 38.8. The molecule has 0 radical (unpaired) electrons. The maximum absolute atomic E-state index is 16.6. The van der Waals surface area contributed by atoms with Gasteiger partial charge in [0.1, 0.15) is 35.4 Å². The number of rotatable bonds is 4. The Balaban J connectivity index is 1.58. The predicted octanol–water partition coefficient (Wildman–Crippen LogP) is 7.47. The number of ether oxygens (including phenoxy) is 4. The highest BCUT2D eigenvalue weighted by molar-refractivity contribution is 6.05. The SMILES string of the molecule is Cc1c(-c2cc3cc(NC(=O)O[C@H]4CCC[C@@H]4C#N)ncc3c(NC(=O)OC(C)(C)C)c2F)cnc2c1N(C(=O)OC(C)(C)C)CCO2. The average Bonchev–Trinajstić information content (AvgIpc) is 3.43. The fourth-order valence-electron chi connectivity index (χ4n) is 5.66. The number of benzene rings is 1. The zero-order valence-electron chi connectivity index (χ0n) is 28.0. The predicted molar refractivity (Wildman–Crippen MR) is 175 cm³/mol. The van der Waals surface area contributed by atoms with Crippen molar-refractivity contribution in [2.75, 3.05) is 28.7 Å². The number of nitriles is 1. The van der Waals surface area contributed by atoms with Gasteiger partial charge in [-0.15, -0.1) is 0 Å². The molecule has 2 N–H and O–H groups in total. The fraction of sp³-hybridized carbons (Fsp3) is 0.471. The minimum atomic E-state index is -0.890. The average molecular weight is 663 g/mol. The lowest BCUT2D eigenvalue weighted by Gasteiger charge is -2.32. The van der Waals surface area contributed by atoms with Crippen LogP contribution in [-0.2, 0) is 14.2 Å². The highest BCUT2D eigenvalue weighted by atomic mass is 19.1. The minimum Gasteiger partial charge on any atom is -0.474 e. The van der Waals surface area contributed by atoms with Gasteiger partial charge in [-0.2, -0.15) is 5.26 Å². The maximum Gasteiger partial charge on any atom is 0.415 e. The van der Waals surface area contributed by atoms with Crippen LogP contribution < -0.4 is 20.3 Å². The number of hydrogen-bond donors (Lipinski definition) is 2. The summed E-state index contributed by atoms with van der Waals surface area (Å²) in [6.07, 6.45) is 1.97. The number of carbonyl (C=O) groups is 3. The summed E-state index contributed by atoms with van der Waals surface area (Å²) in [6.45, 7) is 12.4. The third-order valence-corrected chi connectivity index (χ3v) is 7.69. The van der Waals surface area contributed by atoms with Crippen LogP contribution in [0.2, 0.25) is 0 Å². The molecule has 2 atom stereocenters. The standard InChI is InChI=1S/C34H39FN6O7/c1-18-22(16-38-29-28(18)41(11-12-45-29)32(44)48-34(5,6)7)21-13-20-14-25(39-30(42)46-24-10-8-9-19(24)15-36)37-17-23(20)27(26(21)35)40-31(43)47-33(2,3)4/h13-14,16-17,19,24H,8-12H2,1-7H3,(H,40,43)(H,37,39,42)/t19-,24+/m1/s1. The molecule has 3 heterocycles. The van der Waals surface area contributed by atoms with Crippen LogP contribution in [0, 0.1) is 30.0 Å². The van der Waals surface area contributed by atoms with E-state index in [1.165, 1.54) is 29.4 Å². The number of pyridine rings is 2. The van der Waals surface area contributed by atoms with Gasteiger partial charge in [0, 0.05) is 28.9 Å². The molecule has 3 aromatic rings. The van der Waals surface area contributed by atoms with Crippen LogP contribution in [0.3, 0.4) is 0 Å². The number of aromatic nitrogens is 2. The highest BCUT2D eigenvalue weighted by Gasteiger charge is 2.33. The molecule has 0 saturated heterocycles. The molecule has 3 amide bonds. The number of amides is 3. The van der Waals surface area contributed by atoms with Crippen molar-refractivity contribution in [3.05, 3.63) is 35.9 Å². The van der Waals surface area contributed by atoms with Crippen molar-refractivity contribution in [2.45, 2.75) is 85.0 Å². The first-order chi connectivity index (χ1) is 22.5. The number of halogens is 1. The molecule has 1 saturated carbocycles. The van der Waals surface area contributed by atoms with Crippen LogP contribution in [0.5, 0.6) is 5.88 Å². The zero-order valence-corrected chi connectivity index (χ0v) is 28.0. The van der Waals surface area contributed by atoms with Crippen LogP contribution in [0.25, 0.3) is 21.9 Å². The summed E-state index contributed by atoms with van der Waals surface area (Å²) in [6, 6.07) is 5.21. The molecule has 14 heteroatoms. The van der Waals surface area contributed by atoms with Crippen molar-refractivity contribution < 1.29 is 37.7 Å². The lowest BCUT2D eigenvalue weighted by molar-refractivity contribution is 0.0564. The van der Waals surface area contributed by atoms with Crippen molar-refractivity contribution in [1.82, 2.24) is 9.97 Å². The number of fused-ring (bicyclic) bond motifs is 2. The number of anilines is 3. The summed E-state index contributed by atoms with van der Waals surface area (Å²) in [7, 11) is 0. The summed E-state index contributed by atoms with van der Waals surface area (Å²) >= 11 is 0. The molecule has 48 heavy (non-hydrogen) atoms. The Labute approximate surface area is 277 Å². The molecule has 0 bridgehead atoms. The summed E-state index contributed by atoms with van der Waals surface area (Å²) in [5.74, 6) is -0.886. The molecule has 2 aliphatic rings. The number of nitrogens with zero attached hydrogens (tertiary/aromatic N) is 4. The number of hydrogen-bond acceptors (Lipinski definition) is 10. The van der Waals surface area contributed by atoms with Gasteiger partial charge in [0.05, 0.1) is 24.2 Å². The maximum atomic E-state index is 16.6. The summed E-state index contributed by atoms with van der Waals surface area (Å²) in [4.78, 5) is 48.9. The molecule has 5 rings (SSSR count). The molecule has 1 aliphatic carbocycles. The first-order valence-electron chi connectivity index (χ1n) is 15.7. The Hall–Kier alpha value is -5.19. The Morgan fingerprint density at radius 3 is 2.42 bits per heavy atom. The lowest BCUT2D eigenvalue weighted by Crippen LogP contribution is -2.42. The van der Waals surface area contributed by atoms with Crippen LogP contribution in [0.4, 0.5) is 36.0 Å². The van der Waals surface area contributed by atoms with E-state index in [0.717, 1.165) is 6.42 Å². The third-order valence-electron chi connectivity index (χ3n) is 7.69. The molecule has 254 valence electrons. The van der Waals surface area contributed by atoms with Crippen LogP contribution >= 0.6 is 0 Å². The van der Waals surface area contributed by atoms with Crippen LogP contribution in [0.15, 0.2) is 24.5 Å². The molecule has 13 nitrogen and oxygen atoms in total. The van der Waals surface area contributed by atoms with E-state index in [1.807, 2.05) is 0 Å². The Bertz CT molecular complexity index is 1810. The molecule has 1 aromatic carbocycles. The van der Waals surface area contributed by atoms with E-state index < -0.39 is 41.4 Å². The fourth-order valence-corrected chi connectivity index (χ4v) is 5.66. The monoisotopic (exact) mass is 662 g/mol. The van der Waals surface area contributed by atoms with Gasteiger partial charge in [-0.1, -0.05) is 0 Å². The summed E-state index contributed by atoms with van der Waals surface area (Å²) in [5, 5.41) is 15.1. The van der Waals surface area contributed by atoms with Crippen LogP contribution in [0.1, 0.15) is 66.4 Å². The summed E-state index contributed by atoms with van der Waals surface area (Å²) in [5.41, 5.74) is -0.672. The van der Waals surface area contributed by atoms with E-state index in [1.54, 1.807) is 48.5 Å². The minimum absolute atomic E-state index is 0.0404. The zero-order chi connectivity index (χ0) is 35.0. The molecule has 0 unspecified atom stereocenters. The largest absolute Gasteiger partial charge is 0.474 e. The van der Waals surface area contributed by atoms with E-state index in [-0.39, 0.29) is 47.4 Å². The smallest absolute Gasteiger partial charge is 0.415 e. The highest BCUT2D eigenvalue weighted by Crippen LogP contribution is 2.42. The van der Waals surface area contributed by atoms with E-state index in [2.05, 4.69) is 26.7 Å². The molecule has 0 spiro atoms. The molecular formula is C34H39FN6O7. The van der Waals surface area contributed by atoms with Gasteiger partial charge in [0.25, 0.3) is 0 Å². The van der Waals surface area contributed by atoms with E-state index in [9.17, 15) is 19.6 Å². The Kier molecular flexibility index (Phi) is 9.35. The first kappa shape index (κ1) is 34.2. The van der Waals surface area contributed by atoms with Gasteiger partial charge < -0.3 is 18.9 Å². The van der Waals surface area contributed by atoms with E-state index in [4.69, 9.17) is 18.9 Å². The number of nitrogens with one attached hydrogen (secondary N) is 2. The van der Waals surface area contributed by atoms with Crippen molar-refractivity contribution >= 4 is 46.2 Å². The van der Waals surface area contributed by atoms with Gasteiger partial charge in [0.15, 0.2) is 5.82 Å². The Morgan fingerprint density at radius 2 is 1.73 bits per heavy atom. The quantitative estimate of drug-likeness (QED) is 0.268. The van der Waals surface area contributed by atoms with Gasteiger partial charge >= 0.3 is 18.3 Å². The molecule has 1 fully saturated rings. The second-order valence-corrected chi connectivity index (χ2v) is 13.7. The van der Waals surface area contributed by atoms with Gasteiger partial charge in [-0.3, -0.25) is 15.5 Å². The van der Waals surface area contributed by atoms with Gasteiger partial charge in [-0.25, -0.2) is 28.7 Å². The third kappa shape index (κ3) is 7.51. The van der Waals surface area contributed by atoms with E-state index >= 15 is 4.39 Å². The van der Waals surface area contributed by atoms with Crippen molar-refractivity contribution in [2.24, 2.45) is 5.92 Å². The number of carbonyl (C=O) groups excluding carboxylic acids is 3. The molecular weight excluding hydrogens is 623 g/mol. The Morgan fingerprint density at radius 1 is 1.00 bits per heavy atom. The van der Waals surface area contributed by atoms with Crippen molar-refractivity contribution in [3.8, 4) is 23.1 Å². The van der Waals surface area contributed by atoms with E-state index in [0.29, 0.717) is 35.0 Å². The molecule has 1 aliphatic heterocycles. The van der Waals surface area contributed by atoms with Gasteiger partial charge in [0.2, 0.25) is 5.88 Å². The first-order valence-corrected chi connectivity index (χ1v) is 15.7. The van der Waals surface area contributed by atoms with Gasteiger partial charge in [-0.05, 0) is 90.8 Å². The topological polar surface area (TPSA) is 165 Å². The second-order valence-electron chi connectivity index (χ2n) is 13.7. The lowest BCUT2D eigenvalue weighted by atomic mass is 9.96. The second kappa shape index (κ2) is 13.1. The van der Waals surface area contributed by atoms with Crippen LogP contribution in [-0.4, -0.2) is 58.7 Å². The van der Waals surface area contributed by atoms with Crippen molar-refractivity contribution in [3.63, 3.8) is 0 Å². The van der Waals surface area contributed by atoms with Crippen molar-refractivity contribution in [1.29, 1.82) is 5.26 Å². The normalized spacial score (nSPS) is 17.5.